The maximum absolute atomic E-state index is 5.02. The fourth-order valence-electron chi connectivity index (χ4n) is 1.82. The molecule has 1 heterocycles. The molecule has 0 aromatic carbocycles. The molecule has 0 atom stereocenters. The minimum Gasteiger partial charge on any atom is -0.383 e. The lowest BCUT2D eigenvalue weighted by Gasteiger charge is -2.10. The summed E-state index contributed by atoms with van der Waals surface area (Å²) in [5, 5.41) is 10.8. The van der Waals surface area contributed by atoms with Gasteiger partial charge in [-0.2, -0.15) is 5.10 Å². The Hall–Kier alpha value is -0.830. The van der Waals surface area contributed by atoms with Crippen LogP contribution in [0.5, 0.6) is 0 Å². The molecule has 2 N–H and O–H groups in total. The number of rotatable bonds is 6. The van der Waals surface area contributed by atoms with Gasteiger partial charge in [0.25, 0.3) is 0 Å². The van der Waals surface area contributed by atoms with E-state index in [2.05, 4.69) is 27.6 Å². The van der Waals surface area contributed by atoms with Crippen LogP contribution in [-0.4, -0.2) is 42.5 Å². The standard InChI is InChI=1S/C13H25N5O.HI/c1-6-14-13(15-7-8-19-5)16-9-12-10(2)17-18(4)11(12)3;/h6-9H2,1-5H3,(H2,14,15,16);1H. The van der Waals surface area contributed by atoms with Crippen LogP contribution in [0, 0.1) is 13.8 Å². The molecule has 6 nitrogen and oxygen atoms in total. The van der Waals surface area contributed by atoms with Crippen LogP contribution in [0.2, 0.25) is 0 Å². The summed E-state index contributed by atoms with van der Waals surface area (Å²) in [6, 6.07) is 0. The van der Waals surface area contributed by atoms with Gasteiger partial charge in [-0.3, -0.25) is 4.68 Å². The van der Waals surface area contributed by atoms with Crippen LogP contribution in [-0.2, 0) is 18.3 Å². The fourth-order valence-corrected chi connectivity index (χ4v) is 1.82. The van der Waals surface area contributed by atoms with E-state index in [1.54, 1.807) is 7.11 Å². The Balaban J connectivity index is 0.00000361. The third-order valence-corrected chi connectivity index (χ3v) is 3.00. The summed E-state index contributed by atoms with van der Waals surface area (Å²) >= 11 is 0. The van der Waals surface area contributed by atoms with Crippen LogP contribution in [0.4, 0.5) is 0 Å². The van der Waals surface area contributed by atoms with Crippen molar-refractivity contribution in [2.45, 2.75) is 27.3 Å². The number of hydrogen-bond donors (Lipinski definition) is 2. The molecule has 0 aliphatic rings. The van der Waals surface area contributed by atoms with Gasteiger partial charge in [0.05, 0.1) is 18.8 Å². The first kappa shape index (κ1) is 19.2. The lowest BCUT2D eigenvalue weighted by Crippen LogP contribution is -2.38. The first-order valence-electron chi connectivity index (χ1n) is 6.60. The Morgan fingerprint density at radius 3 is 2.55 bits per heavy atom. The SMILES string of the molecule is CCNC(=NCc1c(C)nn(C)c1C)NCCOC.I. The van der Waals surface area contributed by atoms with Gasteiger partial charge in [0.15, 0.2) is 5.96 Å². The monoisotopic (exact) mass is 395 g/mol. The van der Waals surface area contributed by atoms with Crippen molar-refractivity contribution in [3.05, 3.63) is 17.0 Å². The van der Waals surface area contributed by atoms with Gasteiger partial charge in [-0.05, 0) is 20.8 Å². The summed E-state index contributed by atoms with van der Waals surface area (Å²) in [6.45, 7) is 9.01. The van der Waals surface area contributed by atoms with Crippen LogP contribution in [0.1, 0.15) is 23.9 Å². The highest BCUT2D eigenvalue weighted by molar-refractivity contribution is 14.0. The van der Waals surface area contributed by atoms with Crippen LogP contribution in [0.3, 0.4) is 0 Å². The number of guanidine groups is 1. The summed E-state index contributed by atoms with van der Waals surface area (Å²) in [5.74, 6) is 0.808. The van der Waals surface area contributed by atoms with Crippen LogP contribution in [0.15, 0.2) is 4.99 Å². The van der Waals surface area contributed by atoms with Crippen LogP contribution < -0.4 is 10.6 Å². The van der Waals surface area contributed by atoms with Gasteiger partial charge in [-0.25, -0.2) is 4.99 Å². The quantitative estimate of drug-likeness (QED) is 0.331. The molecular weight excluding hydrogens is 369 g/mol. The lowest BCUT2D eigenvalue weighted by atomic mass is 10.2. The molecule has 0 unspecified atom stereocenters. The fraction of sp³-hybridized carbons (Fsp3) is 0.692. The second-order valence-corrected chi connectivity index (χ2v) is 4.39. The maximum Gasteiger partial charge on any atom is 0.191 e. The van der Waals surface area contributed by atoms with E-state index in [0.29, 0.717) is 13.2 Å². The van der Waals surface area contributed by atoms with Crippen LogP contribution in [0.25, 0.3) is 0 Å². The predicted octanol–water partition coefficient (Wildman–Crippen LogP) is 1.36. The van der Waals surface area contributed by atoms with E-state index in [1.807, 2.05) is 25.6 Å². The number of aromatic nitrogens is 2. The van der Waals surface area contributed by atoms with Gasteiger partial charge in [0.1, 0.15) is 0 Å². The van der Waals surface area contributed by atoms with E-state index in [9.17, 15) is 0 Å². The topological polar surface area (TPSA) is 63.5 Å². The largest absolute Gasteiger partial charge is 0.383 e. The molecule has 1 aromatic heterocycles. The first-order chi connectivity index (χ1) is 9.10. The number of nitrogens with one attached hydrogen (secondary N) is 2. The summed E-state index contributed by atoms with van der Waals surface area (Å²) in [6.07, 6.45) is 0. The number of methoxy groups -OCH3 is 1. The zero-order valence-corrected chi connectivity index (χ0v) is 15.3. The van der Waals surface area contributed by atoms with Gasteiger partial charge in [-0.1, -0.05) is 0 Å². The Morgan fingerprint density at radius 1 is 1.35 bits per heavy atom. The Morgan fingerprint density at radius 2 is 2.05 bits per heavy atom. The smallest absolute Gasteiger partial charge is 0.191 e. The Bertz CT molecular complexity index is 431. The molecular formula is C13H26IN5O. The highest BCUT2D eigenvalue weighted by atomic mass is 127. The number of aliphatic imine (C=N–C) groups is 1. The molecule has 0 saturated heterocycles. The average molecular weight is 395 g/mol. The highest BCUT2D eigenvalue weighted by Gasteiger charge is 2.08. The van der Waals surface area contributed by atoms with Gasteiger partial charge in [0, 0.05) is 38.5 Å². The summed E-state index contributed by atoms with van der Waals surface area (Å²) in [4.78, 5) is 4.58. The lowest BCUT2D eigenvalue weighted by molar-refractivity contribution is 0.203. The Labute approximate surface area is 138 Å². The van der Waals surface area contributed by atoms with E-state index in [0.717, 1.165) is 30.4 Å². The molecule has 0 radical (unpaired) electrons. The van der Waals surface area contributed by atoms with Gasteiger partial charge < -0.3 is 15.4 Å². The number of ether oxygens (including phenoxy) is 1. The van der Waals surface area contributed by atoms with Crippen molar-refractivity contribution in [1.29, 1.82) is 0 Å². The van der Waals surface area contributed by atoms with Crippen molar-refractivity contribution in [2.24, 2.45) is 12.0 Å². The molecule has 0 saturated carbocycles. The van der Waals surface area contributed by atoms with E-state index >= 15 is 0 Å². The van der Waals surface area contributed by atoms with Crippen molar-refractivity contribution in [3.8, 4) is 0 Å². The molecule has 0 spiro atoms. The zero-order valence-electron chi connectivity index (χ0n) is 13.0. The minimum atomic E-state index is 0. The molecule has 20 heavy (non-hydrogen) atoms. The molecule has 1 aromatic rings. The average Bonchev–Trinajstić information content (AvgIpc) is 2.61. The molecule has 1 rings (SSSR count). The molecule has 0 aliphatic carbocycles. The van der Waals surface area contributed by atoms with E-state index in [1.165, 1.54) is 5.56 Å². The van der Waals surface area contributed by atoms with Crippen molar-refractivity contribution in [2.75, 3.05) is 26.8 Å². The summed E-state index contributed by atoms with van der Waals surface area (Å²) < 4.78 is 6.91. The Kier molecular flexibility index (Phi) is 9.56. The number of nitrogens with zero attached hydrogens (tertiary/aromatic N) is 3. The zero-order chi connectivity index (χ0) is 14.3. The van der Waals surface area contributed by atoms with E-state index in [-0.39, 0.29) is 24.0 Å². The van der Waals surface area contributed by atoms with Crippen LogP contribution >= 0.6 is 24.0 Å². The number of hydrogen-bond acceptors (Lipinski definition) is 3. The van der Waals surface area contributed by atoms with Crippen molar-refractivity contribution >= 4 is 29.9 Å². The van der Waals surface area contributed by atoms with Gasteiger partial charge >= 0.3 is 0 Å². The van der Waals surface area contributed by atoms with Crippen molar-refractivity contribution in [1.82, 2.24) is 20.4 Å². The maximum atomic E-state index is 5.02. The number of halogens is 1. The van der Waals surface area contributed by atoms with E-state index in [4.69, 9.17) is 4.74 Å². The summed E-state index contributed by atoms with van der Waals surface area (Å²) in [5.41, 5.74) is 3.39. The minimum absolute atomic E-state index is 0. The molecule has 116 valence electrons. The normalized spacial score (nSPS) is 11.2. The molecule has 0 bridgehead atoms. The predicted molar refractivity (Wildman–Crippen MR) is 92.8 cm³/mol. The highest BCUT2D eigenvalue weighted by Crippen LogP contribution is 2.12. The summed E-state index contributed by atoms with van der Waals surface area (Å²) in [7, 11) is 3.64. The van der Waals surface area contributed by atoms with Crippen molar-refractivity contribution < 1.29 is 4.74 Å². The number of aryl methyl sites for hydroxylation is 2. The van der Waals surface area contributed by atoms with Crippen molar-refractivity contribution in [3.63, 3.8) is 0 Å². The molecule has 7 heteroatoms. The second kappa shape index (κ2) is 9.98. The molecule has 0 fully saturated rings. The van der Waals surface area contributed by atoms with E-state index < -0.39 is 0 Å². The second-order valence-electron chi connectivity index (χ2n) is 4.39. The van der Waals surface area contributed by atoms with Gasteiger partial charge in [0.2, 0.25) is 0 Å². The molecule has 0 aliphatic heterocycles. The third-order valence-electron chi connectivity index (χ3n) is 3.00. The molecule has 0 amide bonds. The third kappa shape index (κ3) is 5.66. The first-order valence-corrected chi connectivity index (χ1v) is 6.60. The van der Waals surface area contributed by atoms with Gasteiger partial charge in [-0.15, -0.1) is 24.0 Å².